The molecule has 0 bridgehead atoms. The highest BCUT2D eigenvalue weighted by molar-refractivity contribution is 5.97. The van der Waals surface area contributed by atoms with E-state index in [1.165, 1.54) is 6.42 Å². The van der Waals surface area contributed by atoms with Gasteiger partial charge in [0, 0.05) is 6.54 Å². The van der Waals surface area contributed by atoms with Gasteiger partial charge in [0.15, 0.2) is 0 Å². The predicted molar refractivity (Wildman–Crippen MR) is 79.7 cm³/mol. The van der Waals surface area contributed by atoms with Crippen molar-refractivity contribution in [3.8, 4) is 5.75 Å². The van der Waals surface area contributed by atoms with Crippen molar-refractivity contribution in [2.75, 3.05) is 6.54 Å². The average Bonchev–Trinajstić information content (AvgIpc) is 2.41. The Balaban J connectivity index is 2.19. The van der Waals surface area contributed by atoms with Crippen molar-refractivity contribution in [2.24, 2.45) is 11.7 Å². The van der Waals surface area contributed by atoms with Crippen molar-refractivity contribution in [3.63, 3.8) is 0 Å². The molecule has 1 saturated carbocycles. The van der Waals surface area contributed by atoms with Crippen LogP contribution in [0.15, 0.2) is 18.2 Å². The number of phenolic OH excluding ortho intramolecular Hbond substituents is 1. The fourth-order valence-corrected chi connectivity index (χ4v) is 3.15. The molecule has 1 amide bonds. The van der Waals surface area contributed by atoms with Crippen LogP contribution in [0.4, 0.5) is 0 Å². The number of carbonyl (C=O) groups excluding carboxylic acids is 1. The van der Waals surface area contributed by atoms with E-state index < -0.39 is 0 Å². The van der Waals surface area contributed by atoms with Gasteiger partial charge >= 0.3 is 0 Å². The van der Waals surface area contributed by atoms with Crippen molar-refractivity contribution in [3.05, 3.63) is 29.3 Å². The van der Waals surface area contributed by atoms with Crippen LogP contribution >= 0.6 is 0 Å². The molecule has 1 fully saturated rings. The Hall–Kier alpha value is -1.55. The molecule has 2 unspecified atom stereocenters. The van der Waals surface area contributed by atoms with Crippen molar-refractivity contribution < 1.29 is 9.90 Å². The van der Waals surface area contributed by atoms with E-state index in [-0.39, 0.29) is 17.2 Å². The Morgan fingerprint density at radius 3 is 2.95 bits per heavy atom. The molecule has 4 heteroatoms. The summed E-state index contributed by atoms with van der Waals surface area (Å²) in [6.07, 6.45) is 4.08. The number of hydrogen-bond donors (Lipinski definition) is 3. The fourth-order valence-electron chi connectivity index (χ4n) is 3.15. The first-order chi connectivity index (χ1) is 9.46. The Kier molecular flexibility index (Phi) is 4.33. The van der Waals surface area contributed by atoms with E-state index in [1.807, 2.05) is 6.92 Å². The second-order valence-corrected chi connectivity index (χ2v) is 6.16. The van der Waals surface area contributed by atoms with Gasteiger partial charge in [0.25, 0.3) is 5.91 Å². The van der Waals surface area contributed by atoms with Crippen LogP contribution in [-0.4, -0.2) is 23.1 Å². The molecule has 0 radical (unpaired) electrons. The van der Waals surface area contributed by atoms with E-state index in [9.17, 15) is 9.90 Å². The number of benzene rings is 1. The smallest absolute Gasteiger partial charge is 0.255 e. The molecule has 1 aliphatic rings. The number of nitrogens with two attached hydrogens (primary N) is 1. The second-order valence-electron chi connectivity index (χ2n) is 6.16. The van der Waals surface area contributed by atoms with Crippen molar-refractivity contribution in [2.45, 2.75) is 45.1 Å². The van der Waals surface area contributed by atoms with E-state index >= 15 is 0 Å². The Labute approximate surface area is 120 Å². The number of nitrogens with one attached hydrogen (secondary N) is 1. The monoisotopic (exact) mass is 276 g/mol. The maximum Gasteiger partial charge on any atom is 0.255 e. The predicted octanol–water partition coefficient (Wildman–Crippen LogP) is 2.34. The molecule has 0 heterocycles. The van der Waals surface area contributed by atoms with E-state index in [0.29, 0.717) is 18.0 Å². The summed E-state index contributed by atoms with van der Waals surface area (Å²) in [5, 5.41) is 12.9. The number of amides is 1. The van der Waals surface area contributed by atoms with Crippen LogP contribution in [0.3, 0.4) is 0 Å². The van der Waals surface area contributed by atoms with E-state index in [4.69, 9.17) is 5.73 Å². The van der Waals surface area contributed by atoms with Crippen LogP contribution in [0.1, 0.15) is 48.5 Å². The van der Waals surface area contributed by atoms with Crippen molar-refractivity contribution in [1.29, 1.82) is 0 Å². The third kappa shape index (κ3) is 3.12. The summed E-state index contributed by atoms with van der Waals surface area (Å²) >= 11 is 0. The Morgan fingerprint density at radius 2 is 2.30 bits per heavy atom. The molecule has 2 rings (SSSR count). The van der Waals surface area contributed by atoms with Gasteiger partial charge in [0.1, 0.15) is 5.75 Å². The van der Waals surface area contributed by atoms with E-state index in [0.717, 1.165) is 24.8 Å². The first-order valence-corrected chi connectivity index (χ1v) is 7.28. The summed E-state index contributed by atoms with van der Waals surface area (Å²) in [6.45, 7) is 4.53. The van der Waals surface area contributed by atoms with Crippen LogP contribution in [0.2, 0.25) is 0 Å². The average molecular weight is 276 g/mol. The molecule has 1 aromatic carbocycles. The lowest BCUT2D eigenvalue weighted by Gasteiger charge is -2.40. The van der Waals surface area contributed by atoms with Crippen LogP contribution < -0.4 is 11.1 Å². The summed E-state index contributed by atoms with van der Waals surface area (Å²) in [6, 6.07) is 5.05. The molecule has 2 atom stereocenters. The van der Waals surface area contributed by atoms with Gasteiger partial charge in [-0.15, -0.1) is 0 Å². The van der Waals surface area contributed by atoms with Crippen molar-refractivity contribution in [1.82, 2.24) is 5.32 Å². The van der Waals surface area contributed by atoms with Gasteiger partial charge in [0.2, 0.25) is 0 Å². The molecule has 1 aliphatic carbocycles. The van der Waals surface area contributed by atoms with E-state index in [1.54, 1.807) is 18.2 Å². The summed E-state index contributed by atoms with van der Waals surface area (Å²) in [4.78, 5) is 12.4. The van der Waals surface area contributed by atoms with E-state index in [2.05, 4.69) is 12.2 Å². The summed E-state index contributed by atoms with van der Waals surface area (Å²) in [5.74, 6) is 0.355. The molecule has 110 valence electrons. The normalized spacial score (nSPS) is 26.2. The summed E-state index contributed by atoms with van der Waals surface area (Å²) in [5.41, 5.74) is 6.87. The van der Waals surface area contributed by atoms with Gasteiger partial charge in [-0.25, -0.2) is 0 Å². The molecule has 4 nitrogen and oxygen atoms in total. The molecule has 0 aliphatic heterocycles. The zero-order valence-corrected chi connectivity index (χ0v) is 12.3. The fraction of sp³-hybridized carbons (Fsp3) is 0.562. The zero-order valence-electron chi connectivity index (χ0n) is 12.3. The van der Waals surface area contributed by atoms with Gasteiger partial charge < -0.3 is 16.2 Å². The molecule has 1 aromatic rings. The number of aromatic hydroxyl groups is 1. The molecule has 0 spiro atoms. The molecule has 4 N–H and O–H groups in total. The maximum atomic E-state index is 12.4. The Morgan fingerprint density at radius 1 is 1.55 bits per heavy atom. The van der Waals surface area contributed by atoms with Gasteiger partial charge in [0.05, 0.1) is 11.1 Å². The number of rotatable bonds is 3. The third-order valence-electron chi connectivity index (χ3n) is 4.26. The van der Waals surface area contributed by atoms with Gasteiger partial charge in [-0.1, -0.05) is 31.4 Å². The van der Waals surface area contributed by atoms with Crippen LogP contribution in [-0.2, 0) is 0 Å². The highest BCUT2D eigenvalue weighted by Gasteiger charge is 2.35. The summed E-state index contributed by atoms with van der Waals surface area (Å²) < 4.78 is 0. The number of carbonyl (C=O) groups is 1. The third-order valence-corrected chi connectivity index (χ3v) is 4.26. The van der Waals surface area contributed by atoms with Gasteiger partial charge in [-0.2, -0.15) is 0 Å². The minimum atomic E-state index is -0.328. The first kappa shape index (κ1) is 14.9. The number of phenols is 1. The lowest BCUT2D eigenvalue weighted by atomic mass is 9.76. The lowest BCUT2D eigenvalue weighted by Crippen LogP contribution is -2.56. The Bertz CT molecular complexity index is 501. The minimum Gasteiger partial charge on any atom is -0.507 e. The topological polar surface area (TPSA) is 75.3 Å². The SMILES string of the molecule is Cc1ccc(O)c(C(=O)NC2(CN)CCCC(C)C2)c1. The largest absolute Gasteiger partial charge is 0.507 e. The number of hydrogen-bond acceptors (Lipinski definition) is 3. The highest BCUT2D eigenvalue weighted by Crippen LogP contribution is 2.32. The highest BCUT2D eigenvalue weighted by atomic mass is 16.3. The van der Waals surface area contributed by atoms with Crippen molar-refractivity contribution >= 4 is 5.91 Å². The summed E-state index contributed by atoms with van der Waals surface area (Å²) in [7, 11) is 0. The second kappa shape index (κ2) is 5.83. The molecular formula is C16H24N2O2. The van der Waals surface area contributed by atoms with Crippen LogP contribution in [0, 0.1) is 12.8 Å². The molecular weight excluding hydrogens is 252 g/mol. The molecule has 20 heavy (non-hydrogen) atoms. The quantitative estimate of drug-likeness (QED) is 0.793. The maximum absolute atomic E-state index is 12.4. The van der Waals surface area contributed by atoms with Gasteiger partial charge in [-0.3, -0.25) is 4.79 Å². The van der Waals surface area contributed by atoms with Crippen LogP contribution in [0.25, 0.3) is 0 Å². The number of aryl methyl sites for hydroxylation is 1. The first-order valence-electron chi connectivity index (χ1n) is 7.28. The van der Waals surface area contributed by atoms with Gasteiger partial charge in [-0.05, 0) is 37.8 Å². The zero-order chi connectivity index (χ0) is 14.8. The van der Waals surface area contributed by atoms with Crippen LogP contribution in [0.5, 0.6) is 5.75 Å². The molecule has 0 aromatic heterocycles. The minimum absolute atomic E-state index is 0.0177. The standard InChI is InChI=1S/C16H24N2O2/c1-11-5-6-14(19)13(8-11)15(20)18-16(10-17)7-3-4-12(2)9-16/h5-6,8,12,19H,3-4,7,9-10,17H2,1-2H3,(H,18,20). The molecule has 0 saturated heterocycles. The lowest BCUT2D eigenvalue weighted by molar-refractivity contribution is 0.0851.